The Hall–Kier alpha value is -1.71. The predicted octanol–water partition coefficient (Wildman–Crippen LogP) is 4.40. The van der Waals surface area contributed by atoms with Crippen molar-refractivity contribution < 1.29 is 19.0 Å². The van der Waals surface area contributed by atoms with E-state index in [0.29, 0.717) is 13.0 Å². The van der Waals surface area contributed by atoms with Gasteiger partial charge in [-0.3, -0.25) is 4.79 Å². The predicted molar refractivity (Wildman–Crippen MR) is 92.1 cm³/mol. The van der Waals surface area contributed by atoms with Crippen molar-refractivity contribution in [2.24, 2.45) is 5.92 Å². The van der Waals surface area contributed by atoms with Crippen LogP contribution < -0.4 is 9.47 Å². The molecule has 0 fully saturated rings. The molecule has 0 radical (unpaired) electrons. The number of hydrogen-bond donors (Lipinski definition) is 0. The van der Waals surface area contributed by atoms with Crippen LogP contribution in [0.15, 0.2) is 18.2 Å². The molecule has 0 aromatic heterocycles. The lowest BCUT2D eigenvalue weighted by atomic mass is 9.96. The molecule has 0 heterocycles. The number of hydrogen-bond acceptors (Lipinski definition) is 4. The van der Waals surface area contributed by atoms with Gasteiger partial charge in [-0.05, 0) is 43.0 Å². The zero-order valence-electron chi connectivity index (χ0n) is 14.9. The van der Waals surface area contributed by atoms with Gasteiger partial charge >= 0.3 is 5.97 Å². The fourth-order valence-corrected chi connectivity index (χ4v) is 2.52. The molecule has 0 aliphatic heterocycles. The molecule has 23 heavy (non-hydrogen) atoms. The van der Waals surface area contributed by atoms with E-state index in [-0.39, 0.29) is 11.9 Å². The first-order chi connectivity index (χ1) is 11.2. The van der Waals surface area contributed by atoms with Crippen molar-refractivity contribution in [2.45, 2.75) is 52.4 Å². The molecular weight excluding hydrogens is 292 g/mol. The highest BCUT2D eigenvalue weighted by atomic mass is 16.5. The first kappa shape index (κ1) is 19.3. The third-order valence-electron chi connectivity index (χ3n) is 4.02. The Bertz CT molecular complexity index is 470. The molecule has 1 atom stereocenters. The standard InChI is InChI=1S/C19H30O4/c1-5-7-8-9-12-23-19(20)15(6-2)13-16-14-17(21-3)10-11-18(16)22-4/h10-11,14-15H,5-9,12-13H2,1-4H3. The SMILES string of the molecule is CCCCCCOC(=O)C(CC)Cc1cc(OC)ccc1OC. The Labute approximate surface area is 140 Å². The van der Waals surface area contributed by atoms with Gasteiger partial charge in [-0.1, -0.05) is 33.1 Å². The molecule has 130 valence electrons. The van der Waals surface area contributed by atoms with E-state index in [4.69, 9.17) is 14.2 Å². The topological polar surface area (TPSA) is 44.8 Å². The summed E-state index contributed by atoms with van der Waals surface area (Å²) in [5, 5.41) is 0. The Morgan fingerprint density at radius 1 is 1.09 bits per heavy atom. The van der Waals surface area contributed by atoms with Crippen LogP contribution >= 0.6 is 0 Å². The normalized spacial score (nSPS) is 11.8. The second kappa shape index (κ2) is 10.9. The third-order valence-corrected chi connectivity index (χ3v) is 4.02. The van der Waals surface area contributed by atoms with Crippen LogP contribution in [0.5, 0.6) is 11.5 Å². The molecule has 0 spiro atoms. The molecule has 1 unspecified atom stereocenters. The number of ether oxygens (including phenoxy) is 3. The molecule has 4 heteroatoms. The van der Waals surface area contributed by atoms with Crippen molar-refractivity contribution >= 4 is 5.97 Å². The maximum atomic E-state index is 12.3. The lowest BCUT2D eigenvalue weighted by Gasteiger charge is -2.17. The molecule has 4 nitrogen and oxygen atoms in total. The Morgan fingerprint density at radius 2 is 1.87 bits per heavy atom. The van der Waals surface area contributed by atoms with Crippen molar-refractivity contribution in [3.8, 4) is 11.5 Å². The molecule has 0 amide bonds. The third kappa shape index (κ3) is 6.51. The first-order valence-electron chi connectivity index (χ1n) is 8.53. The van der Waals surface area contributed by atoms with Crippen LogP contribution in [0.4, 0.5) is 0 Å². The number of rotatable bonds is 11. The minimum absolute atomic E-state index is 0.117. The minimum atomic E-state index is -0.151. The van der Waals surface area contributed by atoms with Gasteiger partial charge in [0.2, 0.25) is 0 Å². The van der Waals surface area contributed by atoms with Crippen LogP contribution in [0.25, 0.3) is 0 Å². The van der Waals surface area contributed by atoms with Crippen LogP contribution in [0.2, 0.25) is 0 Å². The van der Waals surface area contributed by atoms with Crippen molar-refractivity contribution in [1.82, 2.24) is 0 Å². The average Bonchev–Trinajstić information content (AvgIpc) is 2.58. The summed E-state index contributed by atoms with van der Waals surface area (Å²) in [4.78, 5) is 12.3. The van der Waals surface area contributed by atoms with E-state index in [1.54, 1.807) is 14.2 Å². The fraction of sp³-hybridized carbons (Fsp3) is 0.632. The highest BCUT2D eigenvalue weighted by Gasteiger charge is 2.20. The fourth-order valence-electron chi connectivity index (χ4n) is 2.52. The quantitative estimate of drug-likeness (QED) is 0.447. The monoisotopic (exact) mass is 322 g/mol. The van der Waals surface area contributed by atoms with E-state index in [0.717, 1.165) is 36.3 Å². The second-order valence-electron chi connectivity index (χ2n) is 5.72. The van der Waals surface area contributed by atoms with Crippen LogP contribution in [0.1, 0.15) is 51.5 Å². The second-order valence-corrected chi connectivity index (χ2v) is 5.72. The zero-order chi connectivity index (χ0) is 17.1. The van der Waals surface area contributed by atoms with E-state index in [2.05, 4.69) is 6.92 Å². The van der Waals surface area contributed by atoms with Crippen molar-refractivity contribution in [3.63, 3.8) is 0 Å². The Balaban J connectivity index is 2.62. The van der Waals surface area contributed by atoms with Gasteiger partial charge in [0.15, 0.2) is 0 Å². The number of unbranched alkanes of at least 4 members (excludes halogenated alkanes) is 3. The number of benzene rings is 1. The highest BCUT2D eigenvalue weighted by Crippen LogP contribution is 2.27. The van der Waals surface area contributed by atoms with Gasteiger partial charge in [0.1, 0.15) is 11.5 Å². The summed E-state index contributed by atoms with van der Waals surface area (Å²) in [5.74, 6) is 1.28. The molecule has 0 aliphatic carbocycles. The van der Waals surface area contributed by atoms with E-state index >= 15 is 0 Å². The number of esters is 1. The lowest BCUT2D eigenvalue weighted by Crippen LogP contribution is -2.20. The summed E-state index contributed by atoms with van der Waals surface area (Å²) in [6, 6.07) is 5.66. The van der Waals surface area contributed by atoms with Gasteiger partial charge in [0, 0.05) is 0 Å². The van der Waals surface area contributed by atoms with Crippen molar-refractivity contribution in [3.05, 3.63) is 23.8 Å². The van der Waals surface area contributed by atoms with E-state index in [9.17, 15) is 4.79 Å². The minimum Gasteiger partial charge on any atom is -0.497 e. The molecular formula is C19H30O4. The Morgan fingerprint density at radius 3 is 2.48 bits per heavy atom. The summed E-state index contributed by atoms with van der Waals surface area (Å²) in [7, 11) is 3.27. The van der Waals surface area contributed by atoms with Crippen LogP contribution in [0.3, 0.4) is 0 Å². The molecule has 0 bridgehead atoms. The maximum Gasteiger partial charge on any atom is 0.309 e. The Kier molecular flexibility index (Phi) is 9.18. The van der Waals surface area contributed by atoms with E-state index in [1.807, 2.05) is 25.1 Å². The number of carbonyl (C=O) groups excluding carboxylic acids is 1. The average molecular weight is 322 g/mol. The lowest BCUT2D eigenvalue weighted by molar-refractivity contribution is -0.148. The largest absolute Gasteiger partial charge is 0.497 e. The van der Waals surface area contributed by atoms with Gasteiger partial charge < -0.3 is 14.2 Å². The summed E-state index contributed by atoms with van der Waals surface area (Å²) in [5.41, 5.74) is 0.974. The maximum absolute atomic E-state index is 12.3. The van der Waals surface area contributed by atoms with Crippen LogP contribution in [-0.2, 0) is 16.0 Å². The highest BCUT2D eigenvalue weighted by molar-refractivity contribution is 5.73. The summed E-state index contributed by atoms with van der Waals surface area (Å²) in [6.07, 6.45) is 5.78. The summed E-state index contributed by atoms with van der Waals surface area (Å²) < 4.78 is 16.1. The number of carbonyl (C=O) groups is 1. The van der Waals surface area contributed by atoms with Crippen molar-refractivity contribution in [1.29, 1.82) is 0 Å². The van der Waals surface area contributed by atoms with Gasteiger partial charge in [-0.25, -0.2) is 0 Å². The van der Waals surface area contributed by atoms with E-state index in [1.165, 1.54) is 12.8 Å². The van der Waals surface area contributed by atoms with E-state index < -0.39 is 0 Å². The first-order valence-corrected chi connectivity index (χ1v) is 8.53. The van der Waals surface area contributed by atoms with Crippen LogP contribution in [0, 0.1) is 5.92 Å². The van der Waals surface area contributed by atoms with Gasteiger partial charge in [-0.15, -0.1) is 0 Å². The smallest absolute Gasteiger partial charge is 0.309 e. The number of methoxy groups -OCH3 is 2. The molecule has 0 saturated heterocycles. The van der Waals surface area contributed by atoms with Gasteiger partial charge in [0.05, 0.1) is 26.7 Å². The molecule has 1 rings (SSSR count). The summed E-state index contributed by atoms with van der Waals surface area (Å²) >= 11 is 0. The molecule has 0 N–H and O–H groups in total. The molecule has 0 saturated carbocycles. The van der Waals surface area contributed by atoms with Crippen molar-refractivity contribution in [2.75, 3.05) is 20.8 Å². The molecule has 1 aromatic carbocycles. The van der Waals surface area contributed by atoms with Gasteiger partial charge in [0.25, 0.3) is 0 Å². The zero-order valence-corrected chi connectivity index (χ0v) is 14.9. The van der Waals surface area contributed by atoms with Crippen LogP contribution in [-0.4, -0.2) is 26.8 Å². The molecule has 1 aromatic rings. The summed E-state index contributed by atoms with van der Waals surface area (Å²) in [6.45, 7) is 4.70. The molecule has 0 aliphatic rings. The van der Waals surface area contributed by atoms with Gasteiger partial charge in [-0.2, -0.15) is 0 Å².